The highest BCUT2D eigenvalue weighted by Crippen LogP contribution is 2.39. The van der Waals surface area contributed by atoms with Gasteiger partial charge in [-0.2, -0.15) is 4.99 Å². The van der Waals surface area contributed by atoms with Gasteiger partial charge in [-0.15, -0.1) is 0 Å². The molecular weight excluding hydrogens is 318 g/mol. The summed E-state index contributed by atoms with van der Waals surface area (Å²) in [5, 5.41) is 0. The summed E-state index contributed by atoms with van der Waals surface area (Å²) in [4.78, 5) is 23.0. The molecule has 0 amide bonds. The fourth-order valence-corrected chi connectivity index (χ4v) is 3.67. The number of hydrogen-bond donors (Lipinski definition) is 2. The highest BCUT2D eigenvalue weighted by atomic mass is 16.5. The largest absolute Gasteiger partial charge is 0.462 e. The van der Waals surface area contributed by atoms with Crippen molar-refractivity contribution in [2.75, 3.05) is 11.5 Å². The highest BCUT2D eigenvalue weighted by Gasteiger charge is 2.42. The molecule has 1 spiro atoms. The maximum Gasteiger partial charge on any atom is 0.338 e. The van der Waals surface area contributed by atoms with Crippen LogP contribution in [0.3, 0.4) is 0 Å². The fourth-order valence-electron chi connectivity index (χ4n) is 3.67. The molecular formula is C18H25N5O2. The molecule has 4 N–H and O–H groups in total. The second-order valence-corrected chi connectivity index (χ2v) is 6.54. The van der Waals surface area contributed by atoms with Crippen molar-refractivity contribution in [3.05, 3.63) is 29.3 Å². The summed E-state index contributed by atoms with van der Waals surface area (Å²) in [6.07, 6.45) is 4.98. The summed E-state index contributed by atoms with van der Waals surface area (Å²) in [5.74, 6) is 0.191. The average Bonchev–Trinajstić information content (AvgIpc) is 2.56. The van der Waals surface area contributed by atoms with Crippen LogP contribution in [0.2, 0.25) is 0 Å². The van der Waals surface area contributed by atoms with Crippen molar-refractivity contribution in [1.82, 2.24) is 0 Å². The fraction of sp³-hybridized carbons (Fsp3) is 0.500. The van der Waals surface area contributed by atoms with Crippen LogP contribution >= 0.6 is 0 Å². The predicted octanol–water partition coefficient (Wildman–Crippen LogP) is 2.28. The smallest absolute Gasteiger partial charge is 0.338 e. The first-order valence-corrected chi connectivity index (χ1v) is 8.74. The predicted molar refractivity (Wildman–Crippen MR) is 98.7 cm³/mol. The lowest BCUT2D eigenvalue weighted by Gasteiger charge is -2.45. The van der Waals surface area contributed by atoms with Gasteiger partial charge >= 0.3 is 5.97 Å². The number of rotatable bonds is 3. The number of guanidine groups is 2. The molecule has 1 aliphatic carbocycles. The molecule has 25 heavy (non-hydrogen) atoms. The molecule has 1 fully saturated rings. The van der Waals surface area contributed by atoms with Crippen LogP contribution in [0.1, 0.15) is 54.9 Å². The van der Waals surface area contributed by atoms with Gasteiger partial charge in [0.05, 0.1) is 12.2 Å². The third kappa shape index (κ3) is 3.18. The number of nitrogens with two attached hydrogens (primary N) is 2. The van der Waals surface area contributed by atoms with Crippen LogP contribution in [0.25, 0.3) is 0 Å². The zero-order valence-electron chi connectivity index (χ0n) is 14.8. The Kier molecular flexibility index (Phi) is 4.65. The van der Waals surface area contributed by atoms with E-state index in [0.29, 0.717) is 18.1 Å². The second kappa shape index (κ2) is 6.74. The van der Waals surface area contributed by atoms with Crippen molar-refractivity contribution in [3.8, 4) is 0 Å². The van der Waals surface area contributed by atoms with E-state index < -0.39 is 5.66 Å². The number of anilines is 1. The molecule has 1 aromatic rings. The Labute approximate surface area is 147 Å². The molecule has 0 radical (unpaired) electrons. The van der Waals surface area contributed by atoms with Crippen LogP contribution in [0.15, 0.2) is 28.2 Å². The molecule has 7 heteroatoms. The van der Waals surface area contributed by atoms with Crippen LogP contribution in [-0.2, 0) is 4.74 Å². The monoisotopic (exact) mass is 343 g/mol. The van der Waals surface area contributed by atoms with Crippen molar-refractivity contribution in [2.45, 2.75) is 51.6 Å². The zero-order valence-corrected chi connectivity index (χ0v) is 14.8. The van der Waals surface area contributed by atoms with E-state index >= 15 is 0 Å². The standard InChI is InChI=1S/C18H25N5O2/c1-3-25-15(24)14-11-13(8-7-12(14)2)23-17(20)21-16(19)22-18(23)9-5-4-6-10-18/h7-8,11H,3-6,9-10H2,1-2H3,(H4,19,20,21,22). The minimum absolute atomic E-state index is 0.216. The number of ether oxygens (including phenoxy) is 1. The van der Waals surface area contributed by atoms with Gasteiger partial charge in [0.15, 0.2) is 0 Å². The van der Waals surface area contributed by atoms with Gasteiger partial charge < -0.3 is 16.2 Å². The molecule has 134 valence electrons. The lowest BCUT2D eigenvalue weighted by atomic mass is 9.87. The normalized spacial score (nSPS) is 19.4. The Morgan fingerprint density at radius 3 is 2.68 bits per heavy atom. The van der Waals surface area contributed by atoms with E-state index in [1.165, 1.54) is 6.42 Å². The molecule has 7 nitrogen and oxygen atoms in total. The van der Waals surface area contributed by atoms with Crippen molar-refractivity contribution in [1.29, 1.82) is 0 Å². The van der Waals surface area contributed by atoms with Crippen molar-refractivity contribution >= 4 is 23.6 Å². The minimum Gasteiger partial charge on any atom is -0.462 e. The van der Waals surface area contributed by atoms with E-state index in [2.05, 4.69) is 9.98 Å². The van der Waals surface area contributed by atoms with Gasteiger partial charge in [0.2, 0.25) is 11.9 Å². The maximum atomic E-state index is 12.3. The summed E-state index contributed by atoms with van der Waals surface area (Å²) in [6, 6.07) is 5.64. The zero-order chi connectivity index (χ0) is 18.0. The number of esters is 1. The molecule has 1 saturated carbocycles. The number of hydrogen-bond acceptors (Lipinski definition) is 7. The van der Waals surface area contributed by atoms with Gasteiger partial charge in [-0.3, -0.25) is 4.90 Å². The van der Waals surface area contributed by atoms with Gasteiger partial charge in [0, 0.05) is 5.69 Å². The van der Waals surface area contributed by atoms with Crippen LogP contribution < -0.4 is 16.4 Å². The number of carbonyl (C=O) groups is 1. The summed E-state index contributed by atoms with van der Waals surface area (Å²) in [6.45, 7) is 4.01. The third-order valence-corrected chi connectivity index (χ3v) is 4.83. The SMILES string of the molecule is CCOC(=O)c1cc(N2C(N)=NC(N)=NC23CCCCC3)ccc1C. The van der Waals surface area contributed by atoms with E-state index in [4.69, 9.17) is 16.2 Å². The lowest BCUT2D eigenvalue weighted by molar-refractivity contribution is 0.0525. The molecule has 3 rings (SSSR count). The number of nitrogens with zero attached hydrogens (tertiary/aromatic N) is 3. The van der Waals surface area contributed by atoms with E-state index in [-0.39, 0.29) is 11.9 Å². The summed E-state index contributed by atoms with van der Waals surface area (Å²) < 4.78 is 5.17. The summed E-state index contributed by atoms with van der Waals surface area (Å²) in [7, 11) is 0. The van der Waals surface area contributed by atoms with Gasteiger partial charge in [0.25, 0.3) is 0 Å². The van der Waals surface area contributed by atoms with Crippen LogP contribution in [0.4, 0.5) is 5.69 Å². The highest BCUT2D eigenvalue weighted by molar-refractivity contribution is 6.06. The molecule has 1 heterocycles. The Hall–Kier alpha value is -2.57. The molecule has 2 aliphatic rings. The average molecular weight is 343 g/mol. The number of aryl methyl sites for hydroxylation is 1. The van der Waals surface area contributed by atoms with E-state index in [1.54, 1.807) is 6.92 Å². The van der Waals surface area contributed by atoms with Crippen molar-refractivity contribution in [3.63, 3.8) is 0 Å². The van der Waals surface area contributed by atoms with Gasteiger partial charge in [-0.25, -0.2) is 9.79 Å². The first-order valence-electron chi connectivity index (χ1n) is 8.74. The van der Waals surface area contributed by atoms with E-state index in [1.807, 2.05) is 30.0 Å². The summed E-state index contributed by atoms with van der Waals surface area (Å²) >= 11 is 0. The topological polar surface area (TPSA) is 106 Å². The second-order valence-electron chi connectivity index (χ2n) is 6.54. The van der Waals surface area contributed by atoms with E-state index in [9.17, 15) is 4.79 Å². The lowest BCUT2D eigenvalue weighted by Crippen LogP contribution is -2.58. The quantitative estimate of drug-likeness (QED) is 0.819. The molecule has 0 atom stereocenters. The summed E-state index contributed by atoms with van der Waals surface area (Å²) in [5.41, 5.74) is 13.8. The van der Waals surface area contributed by atoms with Gasteiger partial charge in [0.1, 0.15) is 5.66 Å². The van der Waals surface area contributed by atoms with Gasteiger partial charge in [-0.05, 0) is 57.2 Å². The van der Waals surface area contributed by atoms with Crippen LogP contribution in [-0.4, -0.2) is 30.2 Å². The molecule has 0 unspecified atom stereocenters. The van der Waals surface area contributed by atoms with Crippen molar-refractivity contribution < 1.29 is 9.53 Å². The van der Waals surface area contributed by atoms with Crippen molar-refractivity contribution in [2.24, 2.45) is 21.5 Å². The maximum absolute atomic E-state index is 12.3. The number of carbonyl (C=O) groups excluding carboxylic acids is 1. The Morgan fingerprint density at radius 2 is 2.00 bits per heavy atom. The molecule has 0 bridgehead atoms. The first kappa shape index (κ1) is 17.3. The van der Waals surface area contributed by atoms with E-state index in [0.717, 1.165) is 36.9 Å². The Balaban J connectivity index is 2.05. The molecule has 1 aromatic carbocycles. The molecule has 0 aromatic heterocycles. The van der Waals surface area contributed by atoms with Gasteiger partial charge in [-0.1, -0.05) is 12.5 Å². The molecule has 0 saturated heterocycles. The Morgan fingerprint density at radius 1 is 1.28 bits per heavy atom. The minimum atomic E-state index is -0.518. The van der Waals surface area contributed by atoms with Crippen LogP contribution in [0, 0.1) is 6.92 Å². The Bertz CT molecular complexity index is 735. The third-order valence-electron chi connectivity index (χ3n) is 4.83. The number of aliphatic imine (C=N–C) groups is 2. The number of benzene rings is 1. The van der Waals surface area contributed by atoms with Crippen LogP contribution in [0.5, 0.6) is 0 Å². The first-order chi connectivity index (χ1) is 12.0. The molecule has 1 aliphatic heterocycles.